The monoisotopic (exact) mass is 260 g/mol. The number of nitrogens with zero attached hydrogens (tertiary/aromatic N) is 1. The van der Waals surface area contributed by atoms with E-state index in [-0.39, 0.29) is 17.9 Å². The number of piperidine rings is 1. The second-order valence-electron chi connectivity index (χ2n) is 5.18. The highest BCUT2D eigenvalue weighted by atomic mass is 16.2. The van der Waals surface area contributed by atoms with Crippen LogP contribution in [0.5, 0.6) is 0 Å². The summed E-state index contributed by atoms with van der Waals surface area (Å²) >= 11 is 0. The predicted octanol–water partition coefficient (Wildman–Crippen LogP) is 1.54. The Morgan fingerprint density at radius 2 is 2.00 bits per heavy atom. The number of hydrogen-bond acceptors (Lipinski definition) is 3. The van der Waals surface area contributed by atoms with E-state index in [1.165, 1.54) is 16.0 Å². The van der Waals surface area contributed by atoms with Crippen LogP contribution in [0, 0.1) is 13.8 Å². The lowest BCUT2D eigenvalue weighted by molar-refractivity contribution is -0.148. The van der Waals surface area contributed by atoms with Gasteiger partial charge in [-0.3, -0.25) is 14.5 Å². The van der Waals surface area contributed by atoms with Crippen molar-refractivity contribution in [3.8, 4) is 0 Å². The van der Waals surface area contributed by atoms with E-state index in [0.29, 0.717) is 19.4 Å². The van der Waals surface area contributed by atoms with Gasteiger partial charge in [0.05, 0.1) is 6.04 Å². The number of aryl methyl sites for hydroxylation is 2. The zero-order valence-electron chi connectivity index (χ0n) is 11.7. The highest BCUT2D eigenvalue weighted by molar-refractivity contribution is 6.00. The quantitative estimate of drug-likeness (QED) is 0.839. The maximum absolute atomic E-state index is 11.9. The van der Waals surface area contributed by atoms with Crippen molar-refractivity contribution in [2.45, 2.75) is 39.3 Å². The van der Waals surface area contributed by atoms with Gasteiger partial charge < -0.3 is 5.32 Å². The van der Waals surface area contributed by atoms with Crippen LogP contribution in [0.25, 0.3) is 0 Å². The Hall–Kier alpha value is -1.68. The van der Waals surface area contributed by atoms with Crippen molar-refractivity contribution < 1.29 is 9.59 Å². The molecule has 1 N–H and O–H groups in total. The van der Waals surface area contributed by atoms with Crippen molar-refractivity contribution in [1.29, 1.82) is 0 Å². The number of rotatable bonds is 3. The first-order valence-corrected chi connectivity index (χ1v) is 6.59. The lowest BCUT2D eigenvalue weighted by Gasteiger charge is -2.28. The molecule has 1 unspecified atom stereocenters. The molecule has 19 heavy (non-hydrogen) atoms. The van der Waals surface area contributed by atoms with E-state index in [9.17, 15) is 9.59 Å². The fourth-order valence-electron chi connectivity index (χ4n) is 2.26. The van der Waals surface area contributed by atoms with Gasteiger partial charge in [-0.15, -0.1) is 0 Å². The second-order valence-corrected chi connectivity index (χ2v) is 5.18. The molecule has 1 aromatic carbocycles. The fraction of sp³-hybridized carbons (Fsp3) is 0.467. The second kappa shape index (κ2) is 5.53. The number of carbonyl (C=O) groups excluding carboxylic acids is 2. The van der Waals surface area contributed by atoms with E-state index < -0.39 is 0 Å². The molecular formula is C15H20N2O2. The summed E-state index contributed by atoms with van der Waals surface area (Å²) in [5.41, 5.74) is 3.68. The van der Waals surface area contributed by atoms with Gasteiger partial charge in [-0.2, -0.15) is 0 Å². The molecule has 1 atom stereocenters. The van der Waals surface area contributed by atoms with E-state index in [2.05, 4.69) is 37.4 Å². The molecule has 1 aliphatic rings. The van der Waals surface area contributed by atoms with Crippen LogP contribution in [0.15, 0.2) is 18.2 Å². The largest absolute Gasteiger partial charge is 0.302 e. The molecule has 2 rings (SSSR count). The van der Waals surface area contributed by atoms with Crippen molar-refractivity contribution in [3.63, 3.8) is 0 Å². The highest BCUT2D eigenvalue weighted by Crippen LogP contribution is 2.13. The molecule has 0 spiro atoms. The average molecular weight is 260 g/mol. The molecule has 0 aliphatic carbocycles. The number of carbonyl (C=O) groups is 2. The molecule has 1 aromatic rings. The number of likely N-dealkylation sites (N-methyl/N-ethyl adjacent to an activating group) is 1. The number of hydrogen-bond donors (Lipinski definition) is 1. The summed E-state index contributed by atoms with van der Waals surface area (Å²) in [5.74, 6) is -0.214. The molecule has 4 nitrogen and oxygen atoms in total. The lowest BCUT2D eigenvalue weighted by atomic mass is 10.0. The minimum absolute atomic E-state index is 0.0887. The summed E-state index contributed by atoms with van der Waals surface area (Å²) in [7, 11) is 1.55. The molecule has 0 aromatic heterocycles. The molecule has 1 saturated heterocycles. The third-order valence-electron chi connectivity index (χ3n) is 3.77. The highest BCUT2D eigenvalue weighted by Gasteiger charge is 2.31. The van der Waals surface area contributed by atoms with Crippen LogP contribution in [-0.2, 0) is 16.1 Å². The maximum atomic E-state index is 11.9. The van der Waals surface area contributed by atoms with E-state index in [1.54, 1.807) is 7.05 Å². The Bertz CT molecular complexity index is 511. The van der Waals surface area contributed by atoms with Gasteiger partial charge >= 0.3 is 0 Å². The van der Waals surface area contributed by atoms with Gasteiger partial charge in [0.1, 0.15) is 0 Å². The average Bonchev–Trinajstić information content (AvgIpc) is 2.39. The maximum Gasteiger partial charge on any atom is 0.246 e. The topological polar surface area (TPSA) is 49.4 Å². The SMILES string of the molecule is Cc1ccc(CNC2CCC(=O)N(C)C2=O)cc1C. The van der Waals surface area contributed by atoms with Crippen molar-refractivity contribution in [1.82, 2.24) is 10.2 Å². The van der Waals surface area contributed by atoms with Crippen molar-refractivity contribution >= 4 is 11.8 Å². The molecule has 102 valence electrons. The third kappa shape index (κ3) is 3.01. The van der Waals surface area contributed by atoms with Crippen LogP contribution in [0.1, 0.15) is 29.5 Å². The van der Waals surface area contributed by atoms with E-state index in [0.717, 1.165) is 5.56 Å². The van der Waals surface area contributed by atoms with Crippen LogP contribution in [0.4, 0.5) is 0 Å². The number of imide groups is 1. The van der Waals surface area contributed by atoms with Crippen molar-refractivity contribution in [3.05, 3.63) is 34.9 Å². The molecule has 4 heteroatoms. The van der Waals surface area contributed by atoms with Crippen molar-refractivity contribution in [2.24, 2.45) is 0 Å². The number of amides is 2. The first kappa shape index (κ1) is 13.7. The smallest absolute Gasteiger partial charge is 0.246 e. The molecule has 1 fully saturated rings. The predicted molar refractivity (Wildman–Crippen MR) is 73.6 cm³/mol. The minimum Gasteiger partial charge on any atom is -0.302 e. The Morgan fingerprint density at radius 1 is 1.26 bits per heavy atom. The van der Waals surface area contributed by atoms with Crippen LogP contribution in [0.3, 0.4) is 0 Å². The standard InChI is InChI=1S/C15H20N2O2/c1-10-4-5-12(8-11(10)2)9-16-13-6-7-14(18)17(3)15(13)19/h4-5,8,13,16H,6-7,9H2,1-3H3. The van der Waals surface area contributed by atoms with E-state index in [1.807, 2.05) is 0 Å². The zero-order chi connectivity index (χ0) is 14.0. The first-order valence-electron chi connectivity index (χ1n) is 6.59. The fourth-order valence-corrected chi connectivity index (χ4v) is 2.26. The van der Waals surface area contributed by atoms with E-state index in [4.69, 9.17) is 0 Å². The Morgan fingerprint density at radius 3 is 2.68 bits per heavy atom. The molecule has 1 aliphatic heterocycles. The summed E-state index contributed by atoms with van der Waals surface area (Å²) in [5, 5.41) is 3.24. The normalized spacial score (nSPS) is 19.9. The van der Waals surface area contributed by atoms with Crippen LogP contribution < -0.4 is 5.32 Å². The summed E-state index contributed by atoms with van der Waals surface area (Å²) in [4.78, 5) is 24.5. The number of likely N-dealkylation sites (tertiary alicyclic amines) is 1. The lowest BCUT2D eigenvalue weighted by Crippen LogP contribution is -2.51. The zero-order valence-corrected chi connectivity index (χ0v) is 11.7. The molecule has 0 radical (unpaired) electrons. The first-order chi connectivity index (χ1) is 8.99. The number of benzene rings is 1. The molecule has 0 bridgehead atoms. The Balaban J connectivity index is 1.97. The summed E-state index contributed by atoms with van der Waals surface area (Å²) in [6, 6.07) is 6.04. The molecule has 0 saturated carbocycles. The van der Waals surface area contributed by atoms with Gasteiger partial charge in [0, 0.05) is 20.0 Å². The molecule has 2 amide bonds. The number of nitrogens with one attached hydrogen (secondary N) is 1. The molecular weight excluding hydrogens is 240 g/mol. The van der Waals surface area contributed by atoms with Gasteiger partial charge in [-0.1, -0.05) is 18.2 Å². The third-order valence-corrected chi connectivity index (χ3v) is 3.77. The van der Waals surface area contributed by atoms with Crippen molar-refractivity contribution in [2.75, 3.05) is 7.05 Å². The Labute approximate surface area is 113 Å². The summed E-state index contributed by atoms with van der Waals surface area (Å²) in [6.45, 7) is 4.81. The summed E-state index contributed by atoms with van der Waals surface area (Å²) < 4.78 is 0. The van der Waals surface area contributed by atoms with Crippen LogP contribution in [-0.4, -0.2) is 29.8 Å². The van der Waals surface area contributed by atoms with Gasteiger partial charge in [-0.05, 0) is 37.0 Å². The van der Waals surface area contributed by atoms with Gasteiger partial charge in [0.25, 0.3) is 0 Å². The van der Waals surface area contributed by atoms with Crippen LogP contribution in [0.2, 0.25) is 0 Å². The van der Waals surface area contributed by atoms with Crippen LogP contribution >= 0.6 is 0 Å². The summed E-state index contributed by atoms with van der Waals surface area (Å²) in [6.07, 6.45) is 1.03. The van der Waals surface area contributed by atoms with Gasteiger partial charge in [0.2, 0.25) is 11.8 Å². The molecule has 1 heterocycles. The Kier molecular flexibility index (Phi) is 4.00. The van der Waals surface area contributed by atoms with Gasteiger partial charge in [-0.25, -0.2) is 0 Å². The minimum atomic E-state index is -0.246. The van der Waals surface area contributed by atoms with E-state index >= 15 is 0 Å². The van der Waals surface area contributed by atoms with Gasteiger partial charge in [0.15, 0.2) is 0 Å².